The molecule has 1 saturated heterocycles. The highest BCUT2D eigenvalue weighted by molar-refractivity contribution is 6.31. The van der Waals surface area contributed by atoms with Crippen LogP contribution in [0.2, 0.25) is 5.15 Å². The highest BCUT2D eigenvalue weighted by Gasteiger charge is 2.22. The van der Waals surface area contributed by atoms with Crippen LogP contribution in [0.1, 0.15) is 44.5 Å². The molecule has 4 heteroatoms. The zero-order valence-corrected chi connectivity index (χ0v) is 13.2. The summed E-state index contributed by atoms with van der Waals surface area (Å²) in [5, 5.41) is 0.547. The lowest BCUT2D eigenvalue weighted by atomic mass is 9.89. The molecule has 0 aliphatic carbocycles. The smallest absolute Gasteiger partial charge is 0.171 e. The first-order valence-electron chi connectivity index (χ1n) is 7.24. The van der Waals surface area contributed by atoms with Crippen molar-refractivity contribution in [2.24, 2.45) is 11.8 Å². The number of rotatable bonds is 2. The van der Waals surface area contributed by atoms with E-state index < -0.39 is 0 Å². The van der Waals surface area contributed by atoms with Gasteiger partial charge in [-0.1, -0.05) is 25.4 Å². The van der Waals surface area contributed by atoms with Crippen molar-refractivity contribution in [1.29, 1.82) is 0 Å². The summed E-state index contributed by atoms with van der Waals surface area (Å²) in [5.74, 6) is 2.46. The fraction of sp³-hybridized carbons (Fsp3) is 0.733. The molecule has 0 saturated carbocycles. The number of hydrogen-bond acceptors (Lipinski definition) is 3. The summed E-state index contributed by atoms with van der Waals surface area (Å²) in [5.41, 5.74) is 1.90. The van der Waals surface area contributed by atoms with Crippen LogP contribution < -0.4 is 4.90 Å². The second-order valence-electron chi connectivity index (χ2n) is 5.93. The average Bonchev–Trinajstić information content (AvgIpc) is 2.59. The normalized spacial score (nSPS) is 20.7. The second-order valence-corrected chi connectivity index (χ2v) is 6.29. The third-order valence-corrected chi connectivity index (χ3v) is 4.52. The third kappa shape index (κ3) is 3.38. The topological polar surface area (TPSA) is 29.0 Å². The molecule has 2 rings (SSSR count). The molecule has 1 unspecified atom stereocenters. The van der Waals surface area contributed by atoms with E-state index >= 15 is 0 Å². The van der Waals surface area contributed by atoms with E-state index in [1.807, 2.05) is 13.8 Å². The lowest BCUT2D eigenvalue weighted by Crippen LogP contribution is -2.26. The van der Waals surface area contributed by atoms with Crippen LogP contribution in [-0.2, 0) is 0 Å². The molecule has 0 radical (unpaired) electrons. The largest absolute Gasteiger partial charge is 0.354 e. The van der Waals surface area contributed by atoms with Gasteiger partial charge in [-0.15, -0.1) is 0 Å². The van der Waals surface area contributed by atoms with Gasteiger partial charge < -0.3 is 4.90 Å². The van der Waals surface area contributed by atoms with Crippen molar-refractivity contribution in [1.82, 2.24) is 9.97 Å². The van der Waals surface area contributed by atoms with Crippen molar-refractivity contribution in [3.63, 3.8) is 0 Å². The van der Waals surface area contributed by atoms with Crippen LogP contribution in [0.4, 0.5) is 5.82 Å². The van der Waals surface area contributed by atoms with Crippen molar-refractivity contribution in [2.45, 2.75) is 47.0 Å². The highest BCUT2D eigenvalue weighted by Crippen LogP contribution is 2.29. The molecule has 1 aliphatic heterocycles. The Morgan fingerprint density at radius 2 is 1.79 bits per heavy atom. The molecule has 2 heterocycles. The van der Waals surface area contributed by atoms with Crippen LogP contribution in [0.3, 0.4) is 0 Å². The molecule has 106 valence electrons. The number of aryl methyl sites for hydroxylation is 2. The van der Waals surface area contributed by atoms with Gasteiger partial charge in [-0.25, -0.2) is 9.97 Å². The van der Waals surface area contributed by atoms with E-state index in [-0.39, 0.29) is 0 Å². The van der Waals surface area contributed by atoms with Crippen LogP contribution in [0.5, 0.6) is 0 Å². The van der Waals surface area contributed by atoms with Crippen molar-refractivity contribution in [3.8, 4) is 0 Å². The Morgan fingerprint density at radius 1 is 1.11 bits per heavy atom. The maximum atomic E-state index is 6.27. The number of anilines is 1. The van der Waals surface area contributed by atoms with E-state index in [2.05, 4.69) is 28.7 Å². The molecule has 1 fully saturated rings. The summed E-state index contributed by atoms with van der Waals surface area (Å²) in [6.45, 7) is 10.7. The summed E-state index contributed by atoms with van der Waals surface area (Å²) in [7, 11) is 0. The van der Waals surface area contributed by atoms with Gasteiger partial charge in [0.25, 0.3) is 0 Å². The van der Waals surface area contributed by atoms with Crippen LogP contribution in [0.15, 0.2) is 0 Å². The quantitative estimate of drug-likeness (QED) is 0.820. The fourth-order valence-electron chi connectivity index (χ4n) is 2.77. The Kier molecular flexibility index (Phi) is 4.67. The van der Waals surface area contributed by atoms with Gasteiger partial charge in [-0.3, -0.25) is 0 Å². The zero-order valence-electron chi connectivity index (χ0n) is 12.4. The van der Waals surface area contributed by atoms with Gasteiger partial charge in [0.1, 0.15) is 0 Å². The zero-order chi connectivity index (χ0) is 14.0. The van der Waals surface area contributed by atoms with Gasteiger partial charge in [0, 0.05) is 13.1 Å². The fourth-order valence-corrected chi connectivity index (χ4v) is 3.05. The van der Waals surface area contributed by atoms with E-state index in [9.17, 15) is 0 Å². The standard InChI is InChI=1S/C15H24ClN3/c1-10(2)13-6-5-8-19(9-7-13)15-14(16)17-11(3)12(4)18-15/h10,13H,5-9H2,1-4H3. The van der Waals surface area contributed by atoms with Crippen molar-refractivity contribution in [3.05, 3.63) is 16.5 Å². The number of hydrogen-bond donors (Lipinski definition) is 0. The summed E-state index contributed by atoms with van der Waals surface area (Å²) >= 11 is 6.27. The maximum Gasteiger partial charge on any atom is 0.171 e. The Bertz CT molecular complexity index is 445. The Labute approximate surface area is 121 Å². The molecule has 19 heavy (non-hydrogen) atoms. The van der Waals surface area contributed by atoms with E-state index in [4.69, 9.17) is 11.6 Å². The van der Waals surface area contributed by atoms with Crippen molar-refractivity contribution < 1.29 is 0 Å². The molecular formula is C15H24ClN3. The lowest BCUT2D eigenvalue weighted by molar-refractivity contribution is 0.351. The number of aromatic nitrogens is 2. The first-order valence-corrected chi connectivity index (χ1v) is 7.62. The molecule has 1 atom stereocenters. The van der Waals surface area contributed by atoms with Crippen LogP contribution in [0, 0.1) is 25.7 Å². The molecule has 1 aromatic rings. The van der Waals surface area contributed by atoms with Gasteiger partial charge in [0.15, 0.2) is 11.0 Å². The average molecular weight is 282 g/mol. The molecule has 0 spiro atoms. The molecule has 0 amide bonds. The monoisotopic (exact) mass is 281 g/mol. The molecule has 1 aliphatic rings. The van der Waals surface area contributed by atoms with Crippen LogP contribution in [0.25, 0.3) is 0 Å². The minimum Gasteiger partial charge on any atom is -0.354 e. The van der Waals surface area contributed by atoms with Gasteiger partial charge in [-0.2, -0.15) is 0 Å². The summed E-state index contributed by atoms with van der Waals surface area (Å²) in [4.78, 5) is 11.3. The van der Waals surface area contributed by atoms with Crippen LogP contribution in [-0.4, -0.2) is 23.1 Å². The van der Waals surface area contributed by atoms with Crippen molar-refractivity contribution in [2.75, 3.05) is 18.0 Å². The third-order valence-electron chi connectivity index (χ3n) is 4.26. The predicted molar refractivity (Wildman–Crippen MR) is 80.9 cm³/mol. The second kappa shape index (κ2) is 6.08. The van der Waals surface area contributed by atoms with Gasteiger partial charge in [0.2, 0.25) is 0 Å². The maximum absolute atomic E-state index is 6.27. The molecule has 3 nitrogen and oxygen atoms in total. The van der Waals surface area contributed by atoms with E-state index in [1.54, 1.807) is 0 Å². The molecule has 0 aromatic carbocycles. The number of halogens is 1. The van der Waals surface area contributed by atoms with E-state index in [0.29, 0.717) is 5.15 Å². The Morgan fingerprint density at radius 3 is 2.47 bits per heavy atom. The van der Waals surface area contributed by atoms with E-state index in [1.165, 1.54) is 19.3 Å². The molecular weight excluding hydrogens is 258 g/mol. The summed E-state index contributed by atoms with van der Waals surface area (Å²) < 4.78 is 0. The first kappa shape index (κ1) is 14.6. The van der Waals surface area contributed by atoms with Gasteiger partial charge in [-0.05, 0) is 44.9 Å². The van der Waals surface area contributed by atoms with Crippen LogP contribution >= 0.6 is 11.6 Å². The Balaban J connectivity index is 2.16. The van der Waals surface area contributed by atoms with E-state index in [0.717, 1.165) is 42.1 Å². The van der Waals surface area contributed by atoms with Gasteiger partial charge >= 0.3 is 0 Å². The first-order chi connectivity index (χ1) is 8.99. The molecule has 0 bridgehead atoms. The highest BCUT2D eigenvalue weighted by atomic mass is 35.5. The van der Waals surface area contributed by atoms with Crippen molar-refractivity contribution >= 4 is 17.4 Å². The SMILES string of the molecule is Cc1nc(Cl)c(N2CCCC(C(C)C)CC2)nc1C. The lowest BCUT2D eigenvalue weighted by Gasteiger charge is -2.23. The minimum atomic E-state index is 0.547. The van der Waals surface area contributed by atoms with Gasteiger partial charge in [0.05, 0.1) is 11.4 Å². The number of nitrogens with zero attached hydrogens (tertiary/aromatic N) is 3. The Hall–Kier alpha value is -0.830. The predicted octanol–water partition coefficient (Wildman–Crippen LogP) is 4.01. The molecule has 1 aromatic heterocycles. The minimum absolute atomic E-state index is 0.547. The summed E-state index contributed by atoms with van der Waals surface area (Å²) in [6.07, 6.45) is 3.75. The summed E-state index contributed by atoms with van der Waals surface area (Å²) in [6, 6.07) is 0. The molecule has 0 N–H and O–H groups in total.